The van der Waals surface area contributed by atoms with Gasteiger partial charge in [0, 0.05) is 0 Å². The van der Waals surface area contributed by atoms with Crippen LogP contribution in [-0.2, 0) is 0 Å². The van der Waals surface area contributed by atoms with E-state index in [-0.39, 0.29) is 11.4 Å². The Morgan fingerprint density at radius 1 is 1.31 bits per heavy atom. The summed E-state index contributed by atoms with van der Waals surface area (Å²) in [6.45, 7) is 7.52. The molecule has 0 aliphatic heterocycles. The van der Waals surface area contributed by atoms with Gasteiger partial charge < -0.3 is 9.84 Å². The first-order chi connectivity index (χ1) is 6.03. The second-order valence-corrected chi connectivity index (χ2v) is 3.40. The molecule has 13 heavy (non-hydrogen) atoms. The standard InChI is InChI=1S/C11H14O2/c1-4-11(2,3)13-10-7-5-9(12)6-8-10/h4-8,12H,1H2,2-3H3. The maximum Gasteiger partial charge on any atom is 0.121 e. The lowest BCUT2D eigenvalue weighted by Gasteiger charge is -2.22. The molecular formula is C11H14O2. The molecule has 0 saturated carbocycles. The minimum atomic E-state index is -0.378. The number of ether oxygens (including phenoxy) is 1. The van der Waals surface area contributed by atoms with E-state index in [1.54, 1.807) is 30.3 Å². The minimum absolute atomic E-state index is 0.240. The Bertz CT molecular complexity index is 285. The van der Waals surface area contributed by atoms with E-state index in [2.05, 4.69) is 6.58 Å². The second-order valence-electron chi connectivity index (χ2n) is 3.40. The molecule has 0 spiro atoms. The molecule has 0 aliphatic carbocycles. The molecular weight excluding hydrogens is 164 g/mol. The summed E-state index contributed by atoms with van der Waals surface area (Å²) in [7, 11) is 0. The zero-order valence-electron chi connectivity index (χ0n) is 7.95. The van der Waals surface area contributed by atoms with Crippen molar-refractivity contribution < 1.29 is 9.84 Å². The summed E-state index contributed by atoms with van der Waals surface area (Å²) >= 11 is 0. The lowest BCUT2D eigenvalue weighted by molar-refractivity contribution is 0.162. The Hall–Kier alpha value is -1.44. The van der Waals surface area contributed by atoms with E-state index >= 15 is 0 Å². The van der Waals surface area contributed by atoms with Crippen molar-refractivity contribution in [3.63, 3.8) is 0 Å². The van der Waals surface area contributed by atoms with Crippen LogP contribution in [0.1, 0.15) is 13.8 Å². The highest BCUT2D eigenvalue weighted by Crippen LogP contribution is 2.21. The molecule has 0 heterocycles. The van der Waals surface area contributed by atoms with Gasteiger partial charge in [-0.3, -0.25) is 0 Å². The maximum absolute atomic E-state index is 9.04. The summed E-state index contributed by atoms with van der Waals surface area (Å²) < 4.78 is 5.58. The van der Waals surface area contributed by atoms with Crippen molar-refractivity contribution in [2.75, 3.05) is 0 Å². The Labute approximate surface area is 78.5 Å². The normalized spacial score (nSPS) is 10.9. The first-order valence-corrected chi connectivity index (χ1v) is 4.15. The van der Waals surface area contributed by atoms with Crippen molar-refractivity contribution in [2.24, 2.45) is 0 Å². The van der Waals surface area contributed by atoms with Gasteiger partial charge >= 0.3 is 0 Å². The highest BCUT2D eigenvalue weighted by Gasteiger charge is 2.13. The number of phenolic OH excluding ortho intramolecular Hbond substituents is 1. The maximum atomic E-state index is 9.04. The average Bonchev–Trinajstić information content (AvgIpc) is 2.09. The van der Waals surface area contributed by atoms with Gasteiger partial charge in [0.05, 0.1) is 0 Å². The van der Waals surface area contributed by atoms with Crippen molar-refractivity contribution in [3.8, 4) is 11.5 Å². The zero-order valence-corrected chi connectivity index (χ0v) is 7.95. The molecule has 1 rings (SSSR count). The predicted octanol–water partition coefficient (Wildman–Crippen LogP) is 2.74. The highest BCUT2D eigenvalue weighted by molar-refractivity contribution is 5.30. The van der Waals surface area contributed by atoms with Crippen LogP contribution in [0.3, 0.4) is 0 Å². The third-order valence-corrected chi connectivity index (χ3v) is 1.71. The lowest BCUT2D eigenvalue weighted by atomic mass is 10.1. The van der Waals surface area contributed by atoms with E-state index in [0.29, 0.717) is 0 Å². The van der Waals surface area contributed by atoms with E-state index in [1.807, 2.05) is 13.8 Å². The van der Waals surface area contributed by atoms with Crippen LogP contribution in [0.4, 0.5) is 0 Å². The summed E-state index contributed by atoms with van der Waals surface area (Å²) in [5.41, 5.74) is -0.378. The fourth-order valence-corrected chi connectivity index (χ4v) is 0.860. The molecule has 2 heteroatoms. The average molecular weight is 178 g/mol. The van der Waals surface area contributed by atoms with Gasteiger partial charge in [-0.1, -0.05) is 6.58 Å². The molecule has 70 valence electrons. The van der Waals surface area contributed by atoms with Crippen LogP contribution in [0.5, 0.6) is 11.5 Å². The molecule has 0 saturated heterocycles. The number of hydrogen-bond donors (Lipinski definition) is 1. The van der Waals surface area contributed by atoms with Gasteiger partial charge in [-0.05, 0) is 44.2 Å². The van der Waals surface area contributed by atoms with Gasteiger partial charge in [0.1, 0.15) is 17.1 Å². The Kier molecular flexibility index (Phi) is 2.61. The third-order valence-electron chi connectivity index (χ3n) is 1.71. The van der Waals surface area contributed by atoms with Crippen molar-refractivity contribution in [3.05, 3.63) is 36.9 Å². The quantitative estimate of drug-likeness (QED) is 0.721. The van der Waals surface area contributed by atoms with Crippen LogP contribution >= 0.6 is 0 Å². The topological polar surface area (TPSA) is 29.5 Å². The predicted molar refractivity (Wildman–Crippen MR) is 53.0 cm³/mol. The third kappa shape index (κ3) is 2.82. The molecule has 0 bridgehead atoms. The summed E-state index contributed by atoms with van der Waals surface area (Å²) in [5, 5.41) is 9.04. The Morgan fingerprint density at radius 3 is 2.31 bits per heavy atom. The van der Waals surface area contributed by atoms with E-state index in [0.717, 1.165) is 5.75 Å². The molecule has 1 N–H and O–H groups in total. The summed E-state index contributed by atoms with van der Waals surface area (Å²) in [6.07, 6.45) is 1.74. The van der Waals surface area contributed by atoms with E-state index in [4.69, 9.17) is 9.84 Å². The molecule has 0 aliphatic rings. The van der Waals surface area contributed by atoms with E-state index < -0.39 is 0 Å². The fraction of sp³-hybridized carbons (Fsp3) is 0.273. The number of phenols is 1. The van der Waals surface area contributed by atoms with Crippen molar-refractivity contribution in [2.45, 2.75) is 19.4 Å². The molecule has 2 nitrogen and oxygen atoms in total. The number of aromatic hydroxyl groups is 1. The highest BCUT2D eigenvalue weighted by atomic mass is 16.5. The van der Waals surface area contributed by atoms with Crippen LogP contribution in [-0.4, -0.2) is 10.7 Å². The minimum Gasteiger partial charge on any atom is -0.508 e. The Balaban J connectivity index is 2.75. The molecule has 0 atom stereocenters. The first kappa shape index (κ1) is 9.65. The molecule has 0 aromatic heterocycles. The SMILES string of the molecule is C=CC(C)(C)Oc1ccc(O)cc1. The number of benzene rings is 1. The van der Waals surface area contributed by atoms with E-state index in [9.17, 15) is 0 Å². The van der Waals surface area contributed by atoms with Gasteiger partial charge in [-0.2, -0.15) is 0 Å². The lowest BCUT2D eigenvalue weighted by Crippen LogP contribution is -2.24. The van der Waals surface area contributed by atoms with Crippen LogP contribution in [0.25, 0.3) is 0 Å². The van der Waals surface area contributed by atoms with Crippen LogP contribution in [0, 0.1) is 0 Å². The Morgan fingerprint density at radius 2 is 1.85 bits per heavy atom. The molecule has 1 aromatic carbocycles. The molecule has 0 radical (unpaired) electrons. The van der Waals surface area contributed by atoms with Crippen molar-refractivity contribution >= 4 is 0 Å². The van der Waals surface area contributed by atoms with Gasteiger partial charge in [0.15, 0.2) is 0 Å². The monoisotopic (exact) mass is 178 g/mol. The summed E-state index contributed by atoms with van der Waals surface area (Å²) in [6, 6.07) is 6.63. The van der Waals surface area contributed by atoms with Crippen molar-refractivity contribution in [1.29, 1.82) is 0 Å². The second kappa shape index (κ2) is 3.52. The van der Waals surface area contributed by atoms with Gasteiger partial charge in [0.25, 0.3) is 0 Å². The smallest absolute Gasteiger partial charge is 0.121 e. The first-order valence-electron chi connectivity index (χ1n) is 4.15. The van der Waals surface area contributed by atoms with Crippen LogP contribution in [0.2, 0.25) is 0 Å². The van der Waals surface area contributed by atoms with Crippen LogP contribution in [0.15, 0.2) is 36.9 Å². The molecule has 0 unspecified atom stereocenters. The molecule has 0 amide bonds. The molecule has 0 fully saturated rings. The van der Waals surface area contributed by atoms with Crippen molar-refractivity contribution in [1.82, 2.24) is 0 Å². The fourth-order valence-electron chi connectivity index (χ4n) is 0.860. The van der Waals surface area contributed by atoms with Crippen LogP contribution < -0.4 is 4.74 Å². The zero-order chi connectivity index (χ0) is 9.90. The van der Waals surface area contributed by atoms with Gasteiger partial charge in [0.2, 0.25) is 0 Å². The summed E-state index contributed by atoms with van der Waals surface area (Å²) in [4.78, 5) is 0. The summed E-state index contributed by atoms with van der Waals surface area (Å²) in [5.74, 6) is 0.964. The molecule has 1 aromatic rings. The van der Waals surface area contributed by atoms with Gasteiger partial charge in [-0.25, -0.2) is 0 Å². The van der Waals surface area contributed by atoms with E-state index in [1.165, 1.54) is 0 Å². The van der Waals surface area contributed by atoms with Gasteiger partial charge in [-0.15, -0.1) is 0 Å². The number of rotatable bonds is 3. The number of hydrogen-bond acceptors (Lipinski definition) is 2. The largest absolute Gasteiger partial charge is 0.508 e.